The molecule has 2 rings (SSSR count). The zero-order valence-electron chi connectivity index (χ0n) is 10.8. The molecule has 0 radical (unpaired) electrons. The second kappa shape index (κ2) is 6.56. The molecule has 0 unspecified atom stereocenters. The van der Waals surface area contributed by atoms with Crippen LogP contribution in [-0.4, -0.2) is 19.7 Å². The Balaban J connectivity index is 1.95. The molecule has 0 aliphatic heterocycles. The van der Waals surface area contributed by atoms with Gasteiger partial charge in [0.15, 0.2) is 29.7 Å². The summed E-state index contributed by atoms with van der Waals surface area (Å²) in [5.41, 5.74) is 0. The molecule has 0 saturated carbocycles. The van der Waals surface area contributed by atoms with Crippen LogP contribution in [0.1, 0.15) is 0 Å². The molecule has 0 aliphatic rings. The summed E-state index contributed by atoms with van der Waals surface area (Å²) in [6.07, 6.45) is 0. The highest BCUT2D eigenvalue weighted by Crippen LogP contribution is 2.25. The smallest absolute Gasteiger partial charge is 0.349 e. The summed E-state index contributed by atoms with van der Waals surface area (Å²) in [5, 5.41) is 0. The Labute approximate surface area is 115 Å². The third-order valence-electron chi connectivity index (χ3n) is 2.48. The highest BCUT2D eigenvalue weighted by atomic mass is 19.1. The maximum absolute atomic E-state index is 13.3. The Morgan fingerprint density at radius 2 is 1.60 bits per heavy atom. The van der Waals surface area contributed by atoms with Gasteiger partial charge >= 0.3 is 5.97 Å². The fraction of sp³-hybridized carbons (Fsp3) is 0.133. The number of hydrogen-bond acceptors (Lipinski definition) is 4. The third kappa shape index (κ3) is 3.47. The molecule has 20 heavy (non-hydrogen) atoms. The van der Waals surface area contributed by atoms with E-state index in [0.29, 0.717) is 5.75 Å². The van der Waals surface area contributed by atoms with Crippen LogP contribution in [0.15, 0.2) is 48.5 Å². The van der Waals surface area contributed by atoms with E-state index < -0.39 is 11.8 Å². The van der Waals surface area contributed by atoms with Gasteiger partial charge < -0.3 is 14.2 Å². The first-order valence-corrected chi connectivity index (χ1v) is 5.91. The molecule has 0 atom stereocenters. The second-order valence-electron chi connectivity index (χ2n) is 3.84. The van der Waals surface area contributed by atoms with E-state index >= 15 is 0 Å². The number of methoxy groups -OCH3 is 1. The molecule has 104 valence electrons. The lowest BCUT2D eigenvalue weighted by Gasteiger charge is -2.09. The van der Waals surface area contributed by atoms with Crippen LogP contribution < -0.4 is 14.2 Å². The number of esters is 1. The monoisotopic (exact) mass is 276 g/mol. The summed E-state index contributed by atoms with van der Waals surface area (Å²) in [7, 11) is 1.47. The van der Waals surface area contributed by atoms with Crippen molar-refractivity contribution >= 4 is 5.97 Å². The number of benzene rings is 2. The number of ether oxygens (including phenoxy) is 3. The van der Waals surface area contributed by atoms with E-state index in [1.807, 2.05) is 0 Å². The van der Waals surface area contributed by atoms with E-state index in [1.54, 1.807) is 30.3 Å². The molecular weight excluding hydrogens is 263 g/mol. The average molecular weight is 276 g/mol. The van der Waals surface area contributed by atoms with Crippen LogP contribution in [0.4, 0.5) is 4.39 Å². The first kappa shape index (κ1) is 13.9. The highest BCUT2D eigenvalue weighted by molar-refractivity contribution is 5.74. The molecule has 0 aromatic heterocycles. The lowest BCUT2D eigenvalue weighted by Crippen LogP contribution is -2.18. The van der Waals surface area contributed by atoms with Gasteiger partial charge in [0.05, 0.1) is 7.11 Å². The van der Waals surface area contributed by atoms with Gasteiger partial charge in [0.25, 0.3) is 0 Å². The van der Waals surface area contributed by atoms with E-state index in [-0.39, 0.29) is 18.1 Å². The van der Waals surface area contributed by atoms with Crippen LogP contribution in [-0.2, 0) is 4.79 Å². The Hall–Kier alpha value is -2.56. The number of rotatable bonds is 5. The molecule has 2 aromatic carbocycles. The molecule has 0 amide bonds. The summed E-state index contributed by atoms with van der Waals surface area (Å²) in [4.78, 5) is 11.6. The predicted molar refractivity (Wildman–Crippen MR) is 70.5 cm³/mol. The van der Waals surface area contributed by atoms with E-state index in [4.69, 9.17) is 14.2 Å². The zero-order valence-corrected chi connectivity index (χ0v) is 10.8. The van der Waals surface area contributed by atoms with Gasteiger partial charge in [-0.2, -0.15) is 0 Å². The van der Waals surface area contributed by atoms with Crippen molar-refractivity contribution in [2.45, 2.75) is 0 Å². The number of para-hydroxylation sites is 3. The maximum Gasteiger partial charge on any atom is 0.349 e. The van der Waals surface area contributed by atoms with Gasteiger partial charge in [-0.05, 0) is 24.3 Å². The summed E-state index contributed by atoms with van der Waals surface area (Å²) in [6.45, 7) is -0.390. The predicted octanol–water partition coefficient (Wildman–Crippen LogP) is 2.82. The van der Waals surface area contributed by atoms with Crippen LogP contribution >= 0.6 is 0 Å². The van der Waals surface area contributed by atoms with Crippen LogP contribution in [0.25, 0.3) is 0 Å². The molecular formula is C15H13FO4. The van der Waals surface area contributed by atoms with Crippen molar-refractivity contribution in [1.29, 1.82) is 0 Å². The Bertz CT molecular complexity index is 598. The Kier molecular flexibility index (Phi) is 4.55. The normalized spacial score (nSPS) is 9.90. The van der Waals surface area contributed by atoms with Crippen molar-refractivity contribution in [3.63, 3.8) is 0 Å². The van der Waals surface area contributed by atoms with Gasteiger partial charge in [0.1, 0.15) is 0 Å². The summed E-state index contributed by atoms with van der Waals surface area (Å²) in [6, 6.07) is 12.6. The summed E-state index contributed by atoms with van der Waals surface area (Å²) >= 11 is 0. The average Bonchev–Trinajstić information content (AvgIpc) is 2.47. The molecule has 0 N–H and O–H groups in total. The van der Waals surface area contributed by atoms with E-state index in [1.165, 1.54) is 25.3 Å². The van der Waals surface area contributed by atoms with Crippen molar-refractivity contribution in [1.82, 2.24) is 0 Å². The van der Waals surface area contributed by atoms with Gasteiger partial charge in [-0.15, -0.1) is 0 Å². The van der Waals surface area contributed by atoms with Crippen LogP contribution in [0.2, 0.25) is 0 Å². The quantitative estimate of drug-likeness (QED) is 0.622. The van der Waals surface area contributed by atoms with Crippen molar-refractivity contribution in [2.24, 2.45) is 0 Å². The fourth-order valence-electron chi connectivity index (χ4n) is 1.55. The van der Waals surface area contributed by atoms with E-state index in [0.717, 1.165) is 0 Å². The molecule has 0 heterocycles. The molecule has 0 bridgehead atoms. The minimum Gasteiger partial charge on any atom is -0.493 e. The largest absolute Gasteiger partial charge is 0.493 e. The van der Waals surface area contributed by atoms with Gasteiger partial charge in [0, 0.05) is 0 Å². The number of carbonyl (C=O) groups excluding carboxylic acids is 1. The van der Waals surface area contributed by atoms with Gasteiger partial charge in [-0.25, -0.2) is 9.18 Å². The number of halogens is 1. The summed E-state index contributed by atoms with van der Waals surface area (Å²) in [5.74, 6) is -0.441. The van der Waals surface area contributed by atoms with Crippen molar-refractivity contribution in [2.75, 3.05) is 13.7 Å². The standard InChI is InChI=1S/C15H13FO4/c1-18-13-8-4-5-9-14(13)20-15(17)10-19-12-7-3-2-6-11(12)16/h2-9H,10H2,1H3. The fourth-order valence-corrected chi connectivity index (χ4v) is 1.55. The SMILES string of the molecule is COc1ccccc1OC(=O)COc1ccccc1F. The van der Waals surface area contributed by atoms with E-state index in [9.17, 15) is 9.18 Å². The number of carbonyl (C=O) groups is 1. The molecule has 0 saturated heterocycles. The number of hydrogen-bond donors (Lipinski definition) is 0. The Morgan fingerprint density at radius 1 is 1.00 bits per heavy atom. The minimum absolute atomic E-state index is 0.00415. The zero-order chi connectivity index (χ0) is 14.4. The first-order chi connectivity index (χ1) is 9.70. The lowest BCUT2D eigenvalue weighted by molar-refractivity contribution is -0.136. The second-order valence-corrected chi connectivity index (χ2v) is 3.84. The maximum atomic E-state index is 13.3. The van der Waals surface area contributed by atoms with Crippen LogP contribution in [0.3, 0.4) is 0 Å². The van der Waals surface area contributed by atoms with Crippen molar-refractivity contribution in [3.8, 4) is 17.2 Å². The molecule has 0 fully saturated rings. The van der Waals surface area contributed by atoms with Gasteiger partial charge in [-0.1, -0.05) is 24.3 Å². The molecule has 0 spiro atoms. The third-order valence-corrected chi connectivity index (χ3v) is 2.48. The molecule has 5 heteroatoms. The molecule has 4 nitrogen and oxygen atoms in total. The topological polar surface area (TPSA) is 44.8 Å². The van der Waals surface area contributed by atoms with Crippen LogP contribution in [0.5, 0.6) is 17.2 Å². The first-order valence-electron chi connectivity index (χ1n) is 5.91. The summed E-state index contributed by atoms with van der Waals surface area (Å²) < 4.78 is 28.5. The van der Waals surface area contributed by atoms with E-state index in [2.05, 4.69) is 0 Å². The van der Waals surface area contributed by atoms with Crippen LogP contribution in [0, 0.1) is 5.82 Å². The van der Waals surface area contributed by atoms with Crippen molar-refractivity contribution in [3.05, 3.63) is 54.3 Å². The lowest BCUT2D eigenvalue weighted by atomic mass is 10.3. The van der Waals surface area contributed by atoms with Crippen molar-refractivity contribution < 1.29 is 23.4 Å². The minimum atomic E-state index is -0.641. The Morgan fingerprint density at radius 3 is 2.25 bits per heavy atom. The molecule has 2 aromatic rings. The highest BCUT2D eigenvalue weighted by Gasteiger charge is 2.11. The van der Waals surface area contributed by atoms with Gasteiger partial charge in [-0.3, -0.25) is 0 Å². The molecule has 0 aliphatic carbocycles. The van der Waals surface area contributed by atoms with Gasteiger partial charge in [0.2, 0.25) is 0 Å².